The van der Waals surface area contributed by atoms with Gasteiger partial charge in [-0.15, -0.1) is 0 Å². The summed E-state index contributed by atoms with van der Waals surface area (Å²) in [6.45, 7) is 4.02. The molecule has 1 amide bonds. The average molecular weight is 409 g/mol. The summed E-state index contributed by atoms with van der Waals surface area (Å²) in [4.78, 5) is 25.1. The Labute approximate surface area is 174 Å². The number of carbonyl (C=O) groups excluding carboxylic acids is 1. The number of hydrogen-bond acceptors (Lipinski definition) is 6. The van der Waals surface area contributed by atoms with Crippen LogP contribution in [0.3, 0.4) is 0 Å². The highest BCUT2D eigenvalue weighted by Crippen LogP contribution is 2.34. The van der Waals surface area contributed by atoms with Crippen molar-refractivity contribution in [3.05, 3.63) is 66.4 Å². The number of aromatic nitrogens is 2. The second-order valence-corrected chi connectivity index (χ2v) is 8.24. The number of aryl methyl sites for hydroxylation is 1. The Balaban J connectivity index is 1.44. The van der Waals surface area contributed by atoms with Crippen molar-refractivity contribution in [3.63, 3.8) is 0 Å². The standard InChI is InChI=1S/C22H24N4O2S/c1-16-6-8-19(9-7-16)29-22-20(23-10-11-24-22)26-12-2-4-17(15-26)21(27)25-14-18-5-3-13-28-18/h3,5-11,13,17H,2,4,12,14-15H2,1H3,(H,25,27)/t17-/m0/s1. The number of benzene rings is 1. The van der Waals surface area contributed by atoms with E-state index in [-0.39, 0.29) is 11.8 Å². The molecule has 3 heterocycles. The summed E-state index contributed by atoms with van der Waals surface area (Å²) in [6.07, 6.45) is 6.88. The SMILES string of the molecule is Cc1ccc(Sc2nccnc2N2CCC[C@H](C(=O)NCc3ccco3)C2)cc1. The first-order valence-electron chi connectivity index (χ1n) is 9.79. The van der Waals surface area contributed by atoms with Crippen LogP contribution in [0, 0.1) is 12.8 Å². The van der Waals surface area contributed by atoms with Crippen LogP contribution in [0.4, 0.5) is 5.82 Å². The molecule has 2 aromatic heterocycles. The lowest BCUT2D eigenvalue weighted by Crippen LogP contribution is -2.43. The number of nitrogens with one attached hydrogen (secondary N) is 1. The molecule has 4 rings (SSSR count). The molecule has 1 aliphatic rings. The Hall–Kier alpha value is -2.80. The van der Waals surface area contributed by atoms with Gasteiger partial charge in [-0.1, -0.05) is 29.5 Å². The second kappa shape index (κ2) is 9.13. The van der Waals surface area contributed by atoms with Gasteiger partial charge in [0.2, 0.25) is 5.91 Å². The first kappa shape index (κ1) is 19.5. The van der Waals surface area contributed by atoms with Crippen molar-refractivity contribution in [3.8, 4) is 0 Å². The third kappa shape index (κ3) is 4.98. The van der Waals surface area contributed by atoms with Crippen LogP contribution in [0.1, 0.15) is 24.2 Å². The van der Waals surface area contributed by atoms with E-state index in [4.69, 9.17) is 4.42 Å². The molecule has 0 unspecified atom stereocenters. The summed E-state index contributed by atoms with van der Waals surface area (Å²) in [5, 5.41) is 3.85. The van der Waals surface area contributed by atoms with Gasteiger partial charge in [0.15, 0.2) is 5.82 Å². The highest BCUT2D eigenvalue weighted by molar-refractivity contribution is 7.99. The minimum atomic E-state index is -0.0713. The largest absolute Gasteiger partial charge is 0.467 e. The summed E-state index contributed by atoms with van der Waals surface area (Å²) in [5.41, 5.74) is 1.23. The van der Waals surface area contributed by atoms with Crippen molar-refractivity contribution in [2.45, 2.75) is 36.2 Å². The number of rotatable bonds is 6. The zero-order chi connectivity index (χ0) is 20.1. The fraction of sp³-hybridized carbons (Fsp3) is 0.318. The molecule has 0 radical (unpaired) electrons. The first-order chi connectivity index (χ1) is 14.2. The lowest BCUT2D eigenvalue weighted by molar-refractivity contribution is -0.125. The predicted molar refractivity (Wildman–Crippen MR) is 113 cm³/mol. The molecule has 1 fully saturated rings. The van der Waals surface area contributed by atoms with E-state index in [0.29, 0.717) is 13.1 Å². The van der Waals surface area contributed by atoms with Gasteiger partial charge in [-0.25, -0.2) is 9.97 Å². The van der Waals surface area contributed by atoms with Gasteiger partial charge >= 0.3 is 0 Å². The molecule has 0 aliphatic carbocycles. The average Bonchev–Trinajstić information content (AvgIpc) is 3.28. The molecule has 0 bridgehead atoms. The van der Waals surface area contributed by atoms with Gasteiger partial charge in [-0.2, -0.15) is 0 Å². The molecular formula is C22H24N4O2S. The maximum absolute atomic E-state index is 12.7. The highest BCUT2D eigenvalue weighted by atomic mass is 32.2. The van der Waals surface area contributed by atoms with Gasteiger partial charge in [0.25, 0.3) is 0 Å². The maximum Gasteiger partial charge on any atom is 0.225 e. The van der Waals surface area contributed by atoms with Gasteiger partial charge in [0, 0.05) is 30.4 Å². The summed E-state index contributed by atoms with van der Waals surface area (Å²) >= 11 is 1.61. The van der Waals surface area contributed by atoms with Crippen molar-refractivity contribution in [1.82, 2.24) is 15.3 Å². The Morgan fingerprint density at radius 3 is 2.86 bits per heavy atom. The lowest BCUT2D eigenvalue weighted by Gasteiger charge is -2.33. The quantitative estimate of drug-likeness (QED) is 0.663. The molecule has 1 aromatic carbocycles. The monoisotopic (exact) mass is 408 g/mol. The maximum atomic E-state index is 12.7. The molecule has 29 heavy (non-hydrogen) atoms. The molecule has 1 N–H and O–H groups in total. The van der Waals surface area contributed by atoms with Gasteiger partial charge in [-0.3, -0.25) is 4.79 Å². The van der Waals surface area contributed by atoms with Crippen molar-refractivity contribution in [2.24, 2.45) is 5.92 Å². The molecule has 0 saturated carbocycles. The number of amides is 1. The van der Waals surface area contributed by atoms with Crippen molar-refractivity contribution >= 4 is 23.5 Å². The van der Waals surface area contributed by atoms with Gasteiger partial charge in [-0.05, 0) is 44.0 Å². The molecule has 1 atom stereocenters. The Kier molecular flexibility index (Phi) is 6.14. The van der Waals surface area contributed by atoms with Crippen LogP contribution in [0.25, 0.3) is 0 Å². The lowest BCUT2D eigenvalue weighted by atomic mass is 9.97. The van der Waals surface area contributed by atoms with E-state index in [9.17, 15) is 4.79 Å². The minimum absolute atomic E-state index is 0.0581. The third-order valence-electron chi connectivity index (χ3n) is 4.99. The number of hydrogen-bond donors (Lipinski definition) is 1. The van der Waals surface area contributed by atoms with Crippen molar-refractivity contribution in [2.75, 3.05) is 18.0 Å². The van der Waals surface area contributed by atoms with E-state index in [1.165, 1.54) is 5.56 Å². The fourth-order valence-electron chi connectivity index (χ4n) is 3.44. The normalized spacial score (nSPS) is 16.6. The van der Waals surface area contributed by atoms with Gasteiger partial charge in [0.05, 0.1) is 18.7 Å². The summed E-state index contributed by atoms with van der Waals surface area (Å²) in [5.74, 6) is 1.60. The van der Waals surface area contributed by atoms with Crippen molar-refractivity contribution < 1.29 is 9.21 Å². The molecular weight excluding hydrogens is 384 g/mol. The minimum Gasteiger partial charge on any atom is -0.467 e. The fourth-order valence-corrected chi connectivity index (χ4v) is 4.32. The van der Waals surface area contributed by atoms with Crippen molar-refractivity contribution in [1.29, 1.82) is 0 Å². The summed E-state index contributed by atoms with van der Waals surface area (Å²) in [7, 11) is 0. The highest BCUT2D eigenvalue weighted by Gasteiger charge is 2.28. The third-order valence-corrected chi connectivity index (χ3v) is 5.98. The Morgan fingerprint density at radius 2 is 2.07 bits per heavy atom. The van der Waals surface area contributed by atoms with Crippen LogP contribution >= 0.6 is 11.8 Å². The van der Waals surface area contributed by atoms with Gasteiger partial charge in [0.1, 0.15) is 10.8 Å². The second-order valence-electron chi connectivity index (χ2n) is 7.18. The molecule has 1 saturated heterocycles. The van der Waals surface area contributed by atoms with E-state index >= 15 is 0 Å². The molecule has 6 nitrogen and oxygen atoms in total. The van der Waals surface area contributed by atoms with Crippen LogP contribution in [0.5, 0.6) is 0 Å². The van der Waals surface area contributed by atoms with Crippen LogP contribution < -0.4 is 10.2 Å². The van der Waals surface area contributed by atoms with E-state index in [2.05, 4.69) is 51.4 Å². The summed E-state index contributed by atoms with van der Waals surface area (Å²) in [6, 6.07) is 12.1. The molecule has 7 heteroatoms. The van der Waals surface area contributed by atoms with E-state index < -0.39 is 0 Å². The van der Waals surface area contributed by atoms with Crippen LogP contribution in [-0.2, 0) is 11.3 Å². The Morgan fingerprint density at radius 1 is 1.24 bits per heavy atom. The number of nitrogens with zero attached hydrogens (tertiary/aromatic N) is 3. The molecule has 1 aliphatic heterocycles. The van der Waals surface area contributed by atoms with Gasteiger partial charge < -0.3 is 14.6 Å². The zero-order valence-corrected chi connectivity index (χ0v) is 17.2. The molecule has 0 spiro atoms. The Bertz CT molecular complexity index is 944. The number of carbonyl (C=O) groups is 1. The van der Waals surface area contributed by atoms with E-state index in [0.717, 1.165) is 40.9 Å². The zero-order valence-electron chi connectivity index (χ0n) is 16.4. The van der Waals surface area contributed by atoms with E-state index in [1.54, 1.807) is 30.4 Å². The van der Waals surface area contributed by atoms with E-state index in [1.807, 2.05) is 12.1 Å². The first-order valence-corrected chi connectivity index (χ1v) is 10.6. The summed E-state index contributed by atoms with van der Waals surface area (Å²) < 4.78 is 5.30. The number of piperidine rings is 1. The van der Waals surface area contributed by atoms with Crippen LogP contribution in [-0.4, -0.2) is 29.0 Å². The smallest absolute Gasteiger partial charge is 0.225 e. The molecule has 3 aromatic rings. The van der Waals surface area contributed by atoms with Crippen LogP contribution in [0.2, 0.25) is 0 Å². The number of furan rings is 1. The number of anilines is 1. The molecule has 150 valence electrons. The van der Waals surface area contributed by atoms with Crippen LogP contribution in [0.15, 0.2) is 69.4 Å². The predicted octanol–water partition coefficient (Wildman–Crippen LogP) is 4.06. The topological polar surface area (TPSA) is 71.3 Å².